The van der Waals surface area contributed by atoms with Gasteiger partial charge in [0, 0.05) is 5.39 Å². The number of halogens is 1. The SMILES string of the molecule is Clc1nc(NCc2ccco2)c2cccc(OCC3CC3)c2n1. The van der Waals surface area contributed by atoms with Gasteiger partial charge in [-0.15, -0.1) is 0 Å². The highest BCUT2D eigenvalue weighted by atomic mass is 35.5. The van der Waals surface area contributed by atoms with E-state index in [4.69, 9.17) is 20.8 Å². The van der Waals surface area contributed by atoms with E-state index in [1.165, 1.54) is 12.8 Å². The highest BCUT2D eigenvalue weighted by molar-refractivity contribution is 6.29. The van der Waals surface area contributed by atoms with E-state index in [0.717, 1.165) is 29.0 Å². The monoisotopic (exact) mass is 329 g/mol. The van der Waals surface area contributed by atoms with Crippen molar-refractivity contribution in [2.75, 3.05) is 11.9 Å². The van der Waals surface area contributed by atoms with Crippen LogP contribution in [0.3, 0.4) is 0 Å². The summed E-state index contributed by atoms with van der Waals surface area (Å²) in [6.07, 6.45) is 4.14. The Hall–Kier alpha value is -2.27. The molecule has 118 valence electrons. The van der Waals surface area contributed by atoms with E-state index in [2.05, 4.69) is 15.3 Å². The first-order valence-electron chi connectivity index (χ1n) is 7.65. The summed E-state index contributed by atoms with van der Waals surface area (Å²) in [5.74, 6) is 2.93. The number of ether oxygens (including phenoxy) is 1. The maximum atomic E-state index is 6.09. The van der Waals surface area contributed by atoms with E-state index in [9.17, 15) is 0 Å². The second-order valence-electron chi connectivity index (χ2n) is 5.68. The quantitative estimate of drug-likeness (QED) is 0.684. The van der Waals surface area contributed by atoms with Gasteiger partial charge in [0.1, 0.15) is 22.8 Å². The molecule has 0 radical (unpaired) electrons. The maximum absolute atomic E-state index is 6.09. The van der Waals surface area contributed by atoms with Crippen LogP contribution >= 0.6 is 11.6 Å². The molecule has 2 aromatic heterocycles. The molecule has 2 heterocycles. The first-order chi connectivity index (χ1) is 11.3. The number of fused-ring (bicyclic) bond motifs is 1. The number of anilines is 1. The van der Waals surface area contributed by atoms with Crippen molar-refractivity contribution in [3.8, 4) is 5.75 Å². The third kappa shape index (κ3) is 3.24. The van der Waals surface area contributed by atoms with E-state index in [-0.39, 0.29) is 5.28 Å². The lowest BCUT2D eigenvalue weighted by Crippen LogP contribution is -2.04. The average molecular weight is 330 g/mol. The average Bonchev–Trinajstić information content (AvgIpc) is 3.24. The van der Waals surface area contributed by atoms with Crippen molar-refractivity contribution in [2.45, 2.75) is 19.4 Å². The minimum Gasteiger partial charge on any atom is -0.491 e. The number of hydrogen-bond acceptors (Lipinski definition) is 5. The Kier molecular flexibility index (Phi) is 3.79. The van der Waals surface area contributed by atoms with Gasteiger partial charge in [0.2, 0.25) is 5.28 Å². The van der Waals surface area contributed by atoms with Gasteiger partial charge in [-0.3, -0.25) is 0 Å². The zero-order valence-corrected chi connectivity index (χ0v) is 13.2. The molecule has 6 heteroatoms. The molecule has 0 bridgehead atoms. The number of hydrogen-bond donors (Lipinski definition) is 1. The van der Waals surface area contributed by atoms with Crippen molar-refractivity contribution in [1.29, 1.82) is 0 Å². The van der Waals surface area contributed by atoms with E-state index in [0.29, 0.717) is 18.3 Å². The summed E-state index contributed by atoms with van der Waals surface area (Å²) >= 11 is 6.09. The fraction of sp³-hybridized carbons (Fsp3) is 0.294. The van der Waals surface area contributed by atoms with E-state index >= 15 is 0 Å². The summed E-state index contributed by atoms with van der Waals surface area (Å²) in [5.41, 5.74) is 0.732. The van der Waals surface area contributed by atoms with Gasteiger partial charge in [0.15, 0.2) is 0 Å². The highest BCUT2D eigenvalue weighted by Crippen LogP contribution is 2.33. The van der Waals surface area contributed by atoms with Gasteiger partial charge in [0.05, 0.1) is 19.4 Å². The molecule has 3 aromatic rings. The molecule has 0 unspecified atom stereocenters. The molecule has 1 saturated carbocycles. The fourth-order valence-electron chi connectivity index (χ4n) is 2.43. The van der Waals surface area contributed by atoms with Gasteiger partial charge in [0.25, 0.3) is 0 Å². The molecule has 0 atom stereocenters. The minimum atomic E-state index is 0.196. The number of nitrogens with zero attached hydrogens (tertiary/aromatic N) is 2. The first-order valence-corrected chi connectivity index (χ1v) is 8.03. The van der Waals surface area contributed by atoms with Gasteiger partial charge in [-0.2, -0.15) is 0 Å². The molecule has 0 aliphatic heterocycles. The van der Waals surface area contributed by atoms with E-state index < -0.39 is 0 Å². The highest BCUT2D eigenvalue weighted by Gasteiger charge is 2.22. The van der Waals surface area contributed by atoms with Crippen molar-refractivity contribution < 1.29 is 9.15 Å². The number of nitrogens with one attached hydrogen (secondary N) is 1. The van der Waals surface area contributed by atoms with Crippen molar-refractivity contribution >= 4 is 28.3 Å². The van der Waals surface area contributed by atoms with Gasteiger partial charge < -0.3 is 14.5 Å². The Morgan fingerprint density at radius 3 is 2.91 bits per heavy atom. The summed E-state index contributed by atoms with van der Waals surface area (Å²) in [5, 5.41) is 4.33. The van der Waals surface area contributed by atoms with E-state index in [1.807, 2.05) is 30.3 Å². The molecule has 1 aromatic carbocycles. The number of aromatic nitrogens is 2. The first kappa shape index (κ1) is 14.3. The molecule has 0 spiro atoms. The zero-order chi connectivity index (χ0) is 15.6. The summed E-state index contributed by atoms with van der Waals surface area (Å²) < 4.78 is 11.2. The minimum absolute atomic E-state index is 0.196. The third-order valence-electron chi connectivity index (χ3n) is 3.84. The predicted molar refractivity (Wildman–Crippen MR) is 88.8 cm³/mol. The lowest BCUT2D eigenvalue weighted by atomic mass is 10.2. The smallest absolute Gasteiger partial charge is 0.225 e. The van der Waals surface area contributed by atoms with Crippen molar-refractivity contribution in [3.05, 3.63) is 47.6 Å². The number of rotatable bonds is 6. The van der Waals surface area contributed by atoms with Crippen LogP contribution in [-0.2, 0) is 6.54 Å². The molecule has 23 heavy (non-hydrogen) atoms. The summed E-state index contributed by atoms with van der Waals surface area (Å²) in [7, 11) is 0. The molecule has 1 N–H and O–H groups in total. The van der Waals surface area contributed by atoms with Gasteiger partial charge >= 0.3 is 0 Å². The number of furan rings is 1. The molecule has 0 saturated heterocycles. The Balaban J connectivity index is 1.64. The van der Waals surface area contributed by atoms with Crippen LogP contribution in [0.4, 0.5) is 5.82 Å². The maximum Gasteiger partial charge on any atom is 0.225 e. The van der Waals surface area contributed by atoms with Crippen molar-refractivity contribution in [3.63, 3.8) is 0 Å². The van der Waals surface area contributed by atoms with Crippen LogP contribution in [0.15, 0.2) is 41.0 Å². The largest absolute Gasteiger partial charge is 0.491 e. The lowest BCUT2D eigenvalue weighted by molar-refractivity contribution is 0.302. The lowest BCUT2D eigenvalue weighted by Gasteiger charge is -2.11. The molecule has 1 aliphatic rings. The fourth-order valence-corrected chi connectivity index (χ4v) is 2.59. The van der Waals surface area contributed by atoms with Crippen LogP contribution in [0.2, 0.25) is 5.28 Å². The second-order valence-corrected chi connectivity index (χ2v) is 6.02. The summed E-state index contributed by atoms with van der Waals surface area (Å²) in [6.45, 7) is 1.26. The molecule has 5 nitrogen and oxygen atoms in total. The number of para-hydroxylation sites is 1. The zero-order valence-electron chi connectivity index (χ0n) is 12.5. The van der Waals surface area contributed by atoms with Crippen LogP contribution in [0, 0.1) is 5.92 Å². The molecule has 4 rings (SSSR count). The van der Waals surface area contributed by atoms with Gasteiger partial charge in [-0.25, -0.2) is 9.97 Å². The number of benzene rings is 1. The Bertz CT molecular complexity index is 816. The Labute approximate surface area is 138 Å². The Morgan fingerprint density at radius 1 is 1.22 bits per heavy atom. The topological polar surface area (TPSA) is 60.2 Å². The standard InChI is InChI=1S/C17H16ClN3O2/c18-17-20-15-13(4-1-5-14(15)23-10-11-6-7-11)16(21-17)19-9-12-3-2-8-22-12/h1-5,8,11H,6-7,9-10H2,(H,19,20,21). The summed E-state index contributed by atoms with van der Waals surface area (Å²) in [6, 6.07) is 9.58. The molecule has 1 aliphatic carbocycles. The third-order valence-corrected chi connectivity index (χ3v) is 4.01. The van der Waals surface area contributed by atoms with Gasteiger partial charge in [-0.1, -0.05) is 6.07 Å². The van der Waals surface area contributed by atoms with Crippen LogP contribution in [0.1, 0.15) is 18.6 Å². The molecular weight excluding hydrogens is 314 g/mol. The summed E-state index contributed by atoms with van der Waals surface area (Å²) in [4.78, 5) is 8.64. The van der Waals surface area contributed by atoms with Crippen LogP contribution < -0.4 is 10.1 Å². The molecule has 0 amide bonds. The van der Waals surface area contributed by atoms with Crippen molar-refractivity contribution in [2.24, 2.45) is 5.92 Å². The molecular formula is C17H16ClN3O2. The van der Waals surface area contributed by atoms with Crippen LogP contribution in [0.25, 0.3) is 10.9 Å². The van der Waals surface area contributed by atoms with Crippen LogP contribution in [0.5, 0.6) is 5.75 Å². The van der Waals surface area contributed by atoms with Crippen molar-refractivity contribution in [1.82, 2.24) is 9.97 Å². The molecule has 1 fully saturated rings. The van der Waals surface area contributed by atoms with Gasteiger partial charge in [-0.05, 0) is 54.6 Å². The van der Waals surface area contributed by atoms with Crippen LogP contribution in [-0.4, -0.2) is 16.6 Å². The second kappa shape index (κ2) is 6.08. The van der Waals surface area contributed by atoms with E-state index in [1.54, 1.807) is 6.26 Å². The predicted octanol–water partition coefficient (Wildman–Crippen LogP) is 4.28. The Morgan fingerprint density at radius 2 is 2.13 bits per heavy atom. The normalized spacial score (nSPS) is 14.1.